The van der Waals surface area contributed by atoms with Crippen molar-refractivity contribution in [3.05, 3.63) is 72.3 Å². The summed E-state index contributed by atoms with van der Waals surface area (Å²) in [6.07, 6.45) is 1.27. The largest absolute Gasteiger partial charge is 0.507 e. The summed E-state index contributed by atoms with van der Waals surface area (Å²) in [7, 11) is 0. The van der Waals surface area contributed by atoms with Gasteiger partial charge in [0.15, 0.2) is 5.78 Å². The van der Waals surface area contributed by atoms with E-state index in [-0.39, 0.29) is 18.1 Å². The van der Waals surface area contributed by atoms with Gasteiger partial charge in [-0.2, -0.15) is 0 Å². The van der Waals surface area contributed by atoms with Crippen LogP contribution in [0.3, 0.4) is 0 Å². The Hall–Kier alpha value is -2.59. The van der Waals surface area contributed by atoms with Gasteiger partial charge in [-0.1, -0.05) is 43.0 Å². The Morgan fingerprint density at radius 1 is 1.23 bits per heavy atom. The second kappa shape index (κ2) is 8.00. The molecule has 0 saturated carbocycles. The summed E-state index contributed by atoms with van der Waals surface area (Å²) in [5, 5.41) is 12.9. The van der Waals surface area contributed by atoms with Gasteiger partial charge in [-0.05, 0) is 17.7 Å². The number of benzene rings is 2. The standard InChI is InChI=1S/C18H19NO3/c1-2-16(20)12-19-11-15-8-9-17(10-18(15)21)22-13-14-6-4-3-5-7-14/h2-10,19,21H,1,11-13H2. The van der Waals surface area contributed by atoms with Crippen molar-refractivity contribution in [2.75, 3.05) is 6.54 Å². The highest BCUT2D eigenvalue weighted by atomic mass is 16.5. The van der Waals surface area contributed by atoms with E-state index in [1.54, 1.807) is 18.2 Å². The number of ether oxygens (including phenoxy) is 1. The van der Waals surface area contributed by atoms with Crippen molar-refractivity contribution in [2.24, 2.45) is 0 Å². The zero-order chi connectivity index (χ0) is 15.8. The number of hydrogen-bond donors (Lipinski definition) is 2. The summed E-state index contributed by atoms with van der Waals surface area (Å²) < 4.78 is 5.64. The first-order chi connectivity index (χ1) is 10.7. The monoisotopic (exact) mass is 297 g/mol. The molecular formula is C18H19NO3. The summed E-state index contributed by atoms with van der Waals surface area (Å²) >= 11 is 0. The Morgan fingerprint density at radius 3 is 2.68 bits per heavy atom. The van der Waals surface area contributed by atoms with Crippen LogP contribution in [0.1, 0.15) is 11.1 Å². The minimum Gasteiger partial charge on any atom is -0.507 e. The summed E-state index contributed by atoms with van der Waals surface area (Å²) in [4.78, 5) is 11.1. The van der Waals surface area contributed by atoms with Crippen LogP contribution in [-0.2, 0) is 17.9 Å². The van der Waals surface area contributed by atoms with E-state index in [1.807, 2.05) is 30.3 Å². The second-order valence-electron chi connectivity index (χ2n) is 4.84. The Morgan fingerprint density at radius 2 is 2.00 bits per heavy atom. The van der Waals surface area contributed by atoms with E-state index in [4.69, 9.17) is 4.74 Å². The molecule has 0 aromatic heterocycles. The van der Waals surface area contributed by atoms with Crippen LogP contribution in [0.25, 0.3) is 0 Å². The fraction of sp³-hybridized carbons (Fsp3) is 0.167. The highest BCUT2D eigenvalue weighted by Gasteiger charge is 2.04. The number of aromatic hydroxyl groups is 1. The molecule has 0 amide bonds. The fourth-order valence-corrected chi connectivity index (χ4v) is 1.92. The molecule has 2 aromatic carbocycles. The van der Waals surface area contributed by atoms with Crippen molar-refractivity contribution in [1.29, 1.82) is 0 Å². The average Bonchev–Trinajstić information content (AvgIpc) is 2.55. The van der Waals surface area contributed by atoms with Crippen molar-refractivity contribution in [1.82, 2.24) is 5.32 Å². The number of ketones is 1. The van der Waals surface area contributed by atoms with E-state index in [9.17, 15) is 9.90 Å². The SMILES string of the molecule is C=CC(=O)CNCc1ccc(OCc2ccccc2)cc1O. The van der Waals surface area contributed by atoms with Gasteiger partial charge in [-0.25, -0.2) is 0 Å². The highest BCUT2D eigenvalue weighted by molar-refractivity contribution is 5.90. The van der Waals surface area contributed by atoms with Gasteiger partial charge in [-0.15, -0.1) is 0 Å². The minimum absolute atomic E-state index is 0.0812. The normalized spacial score (nSPS) is 10.2. The fourth-order valence-electron chi connectivity index (χ4n) is 1.92. The van der Waals surface area contributed by atoms with Crippen LogP contribution in [0.15, 0.2) is 61.2 Å². The molecule has 0 aliphatic heterocycles. The molecule has 0 aliphatic rings. The minimum atomic E-state index is -0.0812. The van der Waals surface area contributed by atoms with Gasteiger partial charge in [-0.3, -0.25) is 4.79 Å². The van der Waals surface area contributed by atoms with E-state index in [1.165, 1.54) is 6.08 Å². The lowest BCUT2D eigenvalue weighted by Crippen LogP contribution is -2.20. The maximum Gasteiger partial charge on any atom is 0.168 e. The highest BCUT2D eigenvalue weighted by Crippen LogP contribution is 2.24. The zero-order valence-electron chi connectivity index (χ0n) is 12.3. The van der Waals surface area contributed by atoms with Crippen molar-refractivity contribution in [2.45, 2.75) is 13.2 Å². The molecule has 2 rings (SSSR count). The first-order valence-electron chi connectivity index (χ1n) is 7.03. The third kappa shape index (κ3) is 4.75. The molecule has 0 atom stereocenters. The van der Waals surface area contributed by atoms with Gasteiger partial charge in [0, 0.05) is 18.2 Å². The average molecular weight is 297 g/mol. The Bertz CT molecular complexity index is 638. The smallest absolute Gasteiger partial charge is 0.168 e. The van der Waals surface area contributed by atoms with Gasteiger partial charge < -0.3 is 15.2 Å². The molecule has 0 bridgehead atoms. The first-order valence-corrected chi connectivity index (χ1v) is 7.03. The van der Waals surface area contributed by atoms with Crippen molar-refractivity contribution in [3.63, 3.8) is 0 Å². The molecule has 4 nitrogen and oxygen atoms in total. The van der Waals surface area contributed by atoms with Crippen molar-refractivity contribution < 1.29 is 14.6 Å². The van der Waals surface area contributed by atoms with Crippen LogP contribution in [0.5, 0.6) is 11.5 Å². The molecule has 114 valence electrons. The summed E-state index contributed by atoms with van der Waals surface area (Å²) in [5.74, 6) is 0.665. The quantitative estimate of drug-likeness (QED) is 0.736. The number of hydrogen-bond acceptors (Lipinski definition) is 4. The lowest BCUT2D eigenvalue weighted by Gasteiger charge is -2.10. The molecule has 0 heterocycles. The molecule has 0 unspecified atom stereocenters. The first kappa shape index (κ1) is 15.8. The number of nitrogens with one attached hydrogen (secondary N) is 1. The summed E-state index contributed by atoms with van der Waals surface area (Å²) in [5.41, 5.74) is 1.78. The van der Waals surface area contributed by atoms with E-state index < -0.39 is 0 Å². The number of carbonyl (C=O) groups is 1. The lowest BCUT2D eigenvalue weighted by atomic mass is 10.2. The van der Waals surface area contributed by atoms with E-state index >= 15 is 0 Å². The maximum absolute atomic E-state index is 11.1. The maximum atomic E-state index is 11.1. The van der Waals surface area contributed by atoms with Gasteiger partial charge in [0.05, 0.1) is 6.54 Å². The molecule has 0 saturated heterocycles. The molecule has 2 aromatic rings. The zero-order valence-corrected chi connectivity index (χ0v) is 12.3. The van der Waals surface area contributed by atoms with Gasteiger partial charge in [0.25, 0.3) is 0 Å². The third-order valence-electron chi connectivity index (χ3n) is 3.15. The Labute approximate surface area is 130 Å². The van der Waals surface area contributed by atoms with E-state index in [0.717, 1.165) is 5.56 Å². The van der Waals surface area contributed by atoms with E-state index in [2.05, 4.69) is 11.9 Å². The lowest BCUT2D eigenvalue weighted by molar-refractivity contribution is -0.113. The molecule has 0 spiro atoms. The second-order valence-corrected chi connectivity index (χ2v) is 4.84. The molecule has 22 heavy (non-hydrogen) atoms. The predicted octanol–water partition coefficient (Wildman–Crippen LogP) is 2.82. The molecule has 4 heteroatoms. The van der Waals surface area contributed by atoms with Crippen LogP contribution in [0.2, 0.25) is 0 Å². The molecule has 0 radical (unpaired) electrons. The van der Waals surface area contributed by atoms with Gasteiger partial charge in [0.1, 0.15) is 18.1 Å². The third-order valence-corrected chi connectivity index (χ3v) is 3.15. The van der Waals surface area contributed by atoms with Crippen molar-refractivity contribution in [3.8, 4) is 11.5 Å². The summed E-state index contributed by atoms with van der Waals surface area (Å²) in [6, 6.07) is 15.0. The molecule has 2 N–H and O–H groups in total. The van der Waals surface area contributed by atoms with E-state index in [0.29, 0.717) is 24.5 Å². The topological polar surface area (TPSA) is 58.6 Å². The van der Waals surface area contributed by atoms with Crippen molar-refractivity contribution >= 4 is 5.78 Å². The summed E-state index contributed by atoms with van der Waals surface area (Å²) in [6.45, 7) is 4.47. The van der Waals surface area contributed by atoms with Crippen LogP contribution < -0.4 is 10.1 Å². The van der Waals surface area contributed by atoms with Crippen LogP contribution in [-0.4, -0.2) is 17.4 Å². The van der Waals surface area contributed by atoms with Crippen LogP contribution in [0.4, 0.5) is 0 Å². The predicted molar refractivity (Wildman–Crippen MR) is 85.8 cm³/mol. The number of phenols is 1. The van der Waals surface area contributed by atoms with Crippen LogP contribution >= 0.6 is 0 Å². The molecular weight excluding hydrogens is 278 g/mol. The van der Waals surface area contributed by atoms with Crippen LogP contribution in [0, 0.1) is 0 Å². The Kier molecular flexibility index (Phi) is 5.74. The number of carbonyl (C=O) groups excluding carboxylic acids is 1. The molecule has 0 aliphatic carbocycles. The number of phenolic OH excluding ortho intramolecular Hbond substituents is 1. The Balaban J connectivity index is 1.89. The van der Waals surface area contributed by atoms with Gasteiger partial charge in [0.2, 0.25) is 0 Å². The number of rotatable bonds is 8. The molecule has 0 fully saturated rings. The van der Waals surface area contributed by atoms with Gasteiger partial charge >= 0.3 is 0 Å².